The van der Waals surface area contributed by atoms with Crippen LogP contribution < -0.4 is 0 Å². The minimum Gasteiger partial charge on any atom is -0.479 e. The molecule has 72 valence electrons. The number of hydrogen-bond acceptors (Lipinski definition) is 3. The van der Waals surface area contributed by atoms with Crippen molar-refractivity contribution in [1.82, 2.24) is 0 Å². The van der Waals surface area contributed by atoms with Gasteiger partial charge in [-0.25, -0.2) is 4.79 Å². The first-order valence-corrected chi connectivity index (χ1v) is 5.34. The molecule has 0 saturated carbocycles. The summed E-state index contributed by atoms with van der Waals surface area (Å²) in [6.45, 7) is 3.68. The van der Waals surface area contributed by atoms with E-state index in [4.69, 9.17) is 9.84 Å². The Morgan fingerprint density at radius 2 is 2.17 bits per heavy atom. The zero-order valence-electron chi connectivity index (χ0n) is 7.74. The molecule has 0 aliphatic heterocycles. The van der Waals surface area contributed by atoms with Crippen LogP contribution in [0.5, 0.6) is 0 Å². The van der Waals surface area contributed by atoms with Gasteiger partial charge in [-0.05, 0) is 32.3 Å². The van der Waals surface area contributed by atoms with Crippen LogP contribution in [0.15, 0.2) is 0 Å². The molecule has 1 N–H and O–H groups in total. The van der Waals surface area contributed by atoms with Crippen molar-refractivity contribution in [1.29, 1.82) is 0 Å². The van der Waals surface area contributed by atoms with Crippen LogP contribution in [0.25, 0.3) is 0 Å². The number of thioether (sulfide) groups is 1. The van der Waals surface area contributed by atoms with Crippen LogP contribution in [-0.4, -0.2) is 35.3 Å². The number of aliphatic carboxylic acids is 1. The second-order valence-corrected chi connectivity index (χ2v) is 3.78. The van der Waals surface area contributed by atoms with Gasteiger partial charge in [0.2, 0.25) is 0 Å². The second-order valence-electron chi connectivity index (χ2n) is 2.79. The maximum absolute atomic E-state index is 10.6. The molecule has 0 spiro atoms. The molecular weight excluding hydrogens is 176 g/mol. The number of rotatable bonds is 6. The van der Waals surface area contributed by atoms with E-state index in [2.05, 4.69) is 0 Å². The molecular formula is C8H16O3S. The van der Waals surface area contributed by atoms with E-state index in [-0.39, 0.29) is 6.10 Å². The van der Waals surface area contributed by atoms with Crippen LogP contribution >= 0.6 is 11.8 Å². The molecule has 0 aliphatic carbocycles. The first-order chi connectivity index (χ1) is 5.57. The molecule has 4 heteroatoms. The third kappa shape index (κ3) is 5.43. The molecule has 0 heterocycles. The monoisotopic (exact) mass is 192 g/mol. The maximum Gasteiger partial charge on any atom is 0.332 e. The van der Waals surface area contributed by atoms with Crippen LogP contribution in [0, 0.1) is 0 Å². The summed E-state index contributed by atoms with van der Waals surface area (Å²) in [7, 11) is 0. The highest BCUT2D eigenvalue weighted by atomic mass is 32.2. The summed E-state index contributed by atoms with van der Waals surface area (Å²) in [5, 5.41) is 8.71. The Labute approximate surface area is 77.5 Å². The summed E-state index contributed by atoms with van der Waals surface area (Å²) in [5.41, 5.74) is 0. The third-order valence-electron chi connectivity index (χ3n) is 1.30. The second kappa shape index (κ2) is 6.31. The van der Waals surface area contributed by atoms with Crippen molar-refractivity contribution in [2.75, 3.05) is 12.0 Å². The van der Waals surface area contributed by atoms with Crippen LogP contribution in [0.2, 0.25) is 0 Å². The lowest BCUT2D eigenvalue weighted by Crippen LogP contribution is -2.27. The molecule has 0 radical (unpaired) electrons. The predicted octanol–water partition coefficient (Wildman–Crippen LogP) is 1.62. The molecule has 1 unspecified atom stereocenters. The number of hydrogen-bond donors (Lipinski definition) is 1. The van der Waals surface area contributed by atoms with Gasteiger partial charge in [0.15, 0.2) is 6.10 Å². The first-order valence-electron chi connectivity index (χ1n) is 3.95. The summed E-state index contributed by atoms with van der Waals surface area (Å²) in [6, 6.07) is 0. The lowest BCUT2D eigenvalue weighted by atomic mass is 10.3. The maximum atomic E-state index is 10.6. The standard InChI is InChI=1S/C8H16O3S/c1-6(2)11-7(8(9)10)4-5-12-3/h6-7H,4-5H2,1-3H3,(H,9,10). The molecule has 12 heavy (non-hydrogen) atoms. The van der Waals surface area contributed by atoms with E-state index in [9.17, 15) is 4.79 Å². The van der Waals surface area contributed by atoms with Gasteiger partial charge < -0.3 is 9.84 Å². The quantitative estimate of drug-likeness (QED) is 0.694. The lowest BCUT2D eigenvalue weighted by molar-refractivity contribution is -0.153. The fourth-order valence-electron chi connectivity index (χ4n) is 0.803. The molecule has 0 amide bonds. The molecule has 0 fully saturated rings. The van der Waals surface area contributed by atoms with E-state index in [0.717, 1.165) is 5.75 Å². The van der Waals surface area contributed by atoms with Crippen LogP contribution in [-0.2, 0) is 9.53 Å². The van der Waals surface area contributed by atoms with Gasteiger partial charge in [0, 0.05) is 0 Å². The summed E-state index contributed by atoms with van der Waals surface area (Å²) >= 11 is 1.63. The van der Waals surface area contributed by atoms with Crippen molar-refractivity contribution >= 4 is 17.7 Å². The number of carbonyl (C=O) groups is 1. The molecule has 0 bridgehead atoms. The van der Waals surface area contributed by atoms with Crippen molar-refractivity contribution in [2.45, 2.75) is 32.5 Å². The topological polar surface area (TPSA) is 46.5 Å². The largest absolute Gasteiger partial charge is 0.479 e. The third-order valence-corrected chi connectivity index (χ3v) is 1.94. The fraction of sp³-hybridized carbons (Fsp3) is 0.875. The number of carboxylic acids is 1. The minimum atomic E-state index is -0.863. The molecule has 0 saturated heterocycles. The molecule has 0 aromatic rings. The first kappa shape index (κ1) is 11.8. The Morgan fingerprint density at radius 3 is 2.50 bits per heavy atom. The predicted molar refractivity (Wildman–Crippen MR) is 50.6 cm³/mol. The van der Waals surface area contributed by atoms with Crippen molar-refractivity contribution < 1.29 is 14.6 Å². The zero-order valence-corrected chi connectivity index (χ0v) is 8.56. The van der Waals surface area contributed by atoms with Gasteiger partial charge in [-0.2, -0.15) is 11.8 Å². The minimum absolute atomic E-state index is 0.0204. The normalized spacial score (nSPS) is 13.3. The van der Waals surface area contributed by atoms with Crippen LogP contribution in [0.3, 0.4) is 0 Å². The number of carboxylic acid groups (broad SMARTS) is 1. The molecule has 0 aromatic heterocycles. The molecule has 0 aliphatic rings. The van der Waals surface area contributed by atoms with Gasteiger partial charge in [0.25, 0.3) is 0 Å². The Bertz CT molecular complexity index is 136. The van der Waals surface area contributed by atoms with Gasteiger partial charge >= 0.3 is 5.97 Å². The van der Waals surface area contributed by atoms with Crippen LogP contribution in [0.4, 0.5) is 0 Å². The van der Waals surface area contributed by atoms with Gasteiger partial charge in [-0.15, -0.1) is 0 Å². The zero-order chi connectivity index (χ0) is 9.56. The van der Waals surface area contributed by atoms with Gasteiger partial charge in [0.05, 0.1) is 6.10 Å². The highest BCUT2D eigenvalue weighted by molar-refractivity contribution is 7.98. The van der Waals surface area contributed by atoms with E-state index >= 15 is 0 Å². The highest BCUT2D eigenvalue weighted by Crippen LogP contribution is 2.07. The Balaban J connectivity index is 3.78. The van der Waals surface area contributed by atoms with E-state index in [1.54, 1.807) is 11.8 Å². The average molecular weight is 192 g/mol. The fourth-order valence-corrected chi connectivity index (χ4v) is 1.25. The smallest absolute Gasteiger partial charge is 0.332 e. The molecule has 1 atom stereocenters. The van der Waals surface area contributed by atoms with Gasteiger partial charge in [0.1, 0.15) is 0 Å². The number of ether oxygens (including phenoxy) is 1. The highest BCUT2D eigenvalue weighted by Gasteiger charge is 2.18. The van der Waals surface area contributed by atoms with E-state index in [1.807, 2.05) is 20.1 Å². The van der Waals surface area contributed by atoms with Crippen molar-refractivity contribution in [3.63, 3.8) is 0 Å². The lowest BCUT2D eigenvalue weighted by Gasteiger charge is -2.15. The Hall–Kier alpha value is -0.220. The SMILES string of the molecule is CSCCC(OC(C)C)C(=O)O. The Morgan fingerprint density at radius 1 is 1.58 bits per heavy atom. The van der Waals surface area contributed by atoms with E-state index in [1.165, 1.54) is 0 Å². The summed E-state index contributed by atoms with van der Waals surface area (Å²) < 4.78 is 5.20. The molecule has 3 nitrogen and oxygen atoms in total. The van der Waals surface area contributed by atoms with Crippen molar-refractivity contribution in [3.8, 4) is 0 Å². The average Bonchev–Trinajstić information content (AvgIpc) is 1.96. The van der Waals surface area contributed by atoms with Gasteiger partial charge in [-0.1, -0.05) is 0 Å². The van der Waals surface area contributed by atoms with Gasteiger partial charge in [-0.3, -0.25) is 0 Å². The van der Waals surface area contributed by atoms with Crippen molar-refractivity contribution in [2.24, 2.45) is 0 Å². The van der Waals surface area contributed by atoms with E-state index < -0.39 is 12.1 Å². The summed E-state index contributed by atoms with van der Waals surface area (Å²) in [6.07, 6.45) is 1.87. The molecule has 0 aromatic carbocycles. The summed E-state index contributed by atoms with van der Waals surface area (Å²) in [4.78, 5) is 10.6. The van der Waals surface area contributed by atoms with Crippen molar-refractivity contribution in [3.05, 3.63) is 0 Å². The van der Waals surface area contributed by atoms with Crippen LogP contribution in [0.1, 0.15) is 20.3 Å². The van der Waals surface area contributed by atoms with E-state index in [0.29, 0.717) is 6.42 Å². The Kier molecular flexibility index (Phi) is 6.20. The molecule has 0 rings (SSSR count). The summed E-state index contributed by atoms with van der Waals surface area (Å²) in [5.74, 6) is -0.0401.